The second kappa shape index (κ2) is 8.84. The molecule has 2 heterocycles. The number of likely N-dealkylation sites (N-methyl/N-ethyl adjacent to an activating group) is 1. The molecule has 0 radical (unpaired) electrons. The maximum absolute atomic E-state index is 12.7. The van der Waals surface area contributed by atoms with Gasteiger partial charge in [0, 0.05) is 31.9 Å². The average Bonchev–Trinajstić information content (AvgIpc) is 3.08. The lowest BCUT2D eigenvalue weighted by Gasteiger charge is -2.29. The molecule has 2 aliphatic heterocycles. The van der Waals surface area contributed by atoms with E-state index in [1.807, 2.05) is 0 Å². The number of likely N-dealkylation sites (tertiary alicyclic amines) is 1. The summed E-state index contributed by atoms with van der Waals surface area (Å²) < 4.78 is 10.6. The smallest absolute Gasteiger partial charge is 0.254 e. The Labute approximate surface area is 155 Å². The van der Waals surface area contributed by atoms with Crippen molar-refractivity contribution in [2.45, 2.75) is 31.4 Å². The highest BCUT2D eigenvalue weighted by Crippen LogP contribution is 2.22. The topological polar surface area (TPSA) is 62.2 Å². The van der Waals surface area contributed by atoms with E-state index in [0.717, 1.165) is 44.8 Å². The van der Waals surface area contributed by atoms with Gasteiger partial charge in [0.05, 0.1) is 19.3 Å². The SMILES string of the molecule is COc1ccc(C(=O)N2C[C@@H](O)[C@H](N(C)CCC3CCOCC3)C2)cc1. The fourth-order valence-electron chi connectivity index (χ4n) is 3.87. The minimum Gasteiger partial charge on any atom is -0.497 e. The maximum atomic E-state index is 12.7. The molecule has 2 saturated heterocycles. The first kappa shape index (κ1) is 19.1. The highest BCUT2D eigenvalue weighted by atomic mass is 16.5. The number of hydrogen-bond donors (Lipinski definition) is 1. The zero-order valence-electron chi connectivity index (χ0n) is 15.8. The lowest BCUT2D eigenvalue weighted by molar-refractivity contribution is 0.0537. The molecule has 1 aromatic carbocycles. The number of amides is 1. The van der Waals surface area contributed by atoms with Gasteiger partial charge in [-0.2, -0.15) is 0 Å². The molecule has 144 valence electrons. The largest absolute Gasteiger partial charge is 0.497 e. The minimum absolute atomic E-state index is 0.00274. The van der Waals surface area contributed by atoms with Crippen LogP contribution < -0.4 is 4.74 Å². The highest BCUT2D eigenvalue weighted by Gasteiger charge is 2.36. The van der Waals surface area contributed by atoms with Crippen LogP contribution in [0.15, 0.2) is 24.3 Å². The van der Waals surface area contributed by atoms with Gasteiger partial charge < -0.3 is 19.5 Å². The number of carbonyl (C=O) groups excluding carboxylic acids is 1. The number of nitrogens with zero attached hydrogens (tertiary/aromatic N) is 2. The van der Waals surface area contributed by atoms with E-state index in [2.05, 4.69) is 11.9 Å². The Morgan fingerprint density at radius 2 is 1.96 bits per heavy atom. The number of methoxy groups -OCH3 is 1. The Morgan fingerprint density at radius 3 is 2.62 bits per heavy atom. The number of carbonyl (C=O) groups is 1. The molecule has 6 nitrogen and oxygen atoms in total. The van der Waals surface area contributed by atoms with Crippen LogP contribution in [0.1, 0.15) is 29.6 Å². The molecular weight excluding hydrogens is 332 g/mol. The summed E-state index contributed by atoms with van der Waals surface area (Å²) in [5, 5.41) is 10.5. The third-order valence-electron chi connectivity index (χ3n) is 5.68. The normalized spacial score (nSPS) is 24.2. The number of hydrogen-bond acceptors (Lipinski definition) is 5. The van der Waals surface area contributed by atoms with Gasteiger partial charge >= 0.3 is 0 Å². The predicted octanol–water partition coefficient (Wildman–Crippen LogP) is 1.63. The molecule has 1 aromatic rings. The number of rotatable bonds is 6. The van der Waals surface area contributed by atoms with Gasteiger partial charge in [-0.15, -0.1) is 0 Å². The molecule has 0 bridgehead atoms. The quantitative estimate of drug-likeness (QED) is 0.833. The molecular formula is C20H30N2O4. The number of aliphatic hydroxyl groups excluding tert-OH is 1. The van der Waals surface area contributed by atoms with Crippen molar-refractivity contribution in [1.29, 1.82) is 0 Å². The second-order valence-corrected chi connectivity index (χ2v) is 7.40. The summed E-state index contributed by atoms with van der Waals surface area (Å²) in [6, 6.07) is 7.12. The Hall–Kier alpha value is -1.63. The first-order valence-electron chi connectivity index (χ1n) is 9.48. The molecule has 0 unspecified atom stereocenters. The van der Waals surface area contributed by atoms with Gasteiger partial charge in [-0.05, 0) is 63.0 Å². The van der Waals surface area contributed by atoms with E-state index in [1.165, 1.54) is 0 Å². The van der Waals surface area contributed by atoms with Gasteiger partial charge in [-0.25, -0.2) is 0 Å². The molecule has 2 atom stereocenters. The van der Waals surface area contributed by atoms with Crippen molar-refractivity contribution in [3.05, 3.63) is 29.8 Å². The summed E-state index contributed by atoms with van der Waals surface area (Å²) in [5.41, 5.74) is 0.628. The highest BCUT2D eigenvalue weighted by molar-refractivity contribution is 5.94. The molecule has 0 saturated carbocycles. The molecule has 1 amide bonds. The number of aliphatic hydroxyl groups is 1. The minimum atomic E-state index is -0.503. The number of ether oxygens (including phenoxy) is 2. The number of β-amino-alcohol motifs (C(OH)–C–C–N with tert-alkyl or cyclic N) is 1. The van der Waals surface area contributed by atoms with Crippen LogP contribution in [0, 0.1) is 5.92 Å². The first-order valence-corrected chi connectivity index (χ1v) is 9.48. The van der Waals surface area contributed by atoms with Gasteiger partial charge in [0.15, 0.2) is 0 Å². The first-order chi connectivity index (χ1) is 12.6. The van der Waals surface area contributed by atoms with Crippen molar-refractivity contribution < 1.29 is 19.4 Å². The summed E-state index contributed by atoms with van der Waals surface area (Å²) >= 11 is 0. The van der Waals surface area contributed by atoms with Crippen LogP contribution in [0.3, 0.4) is 0 Å². The van der Waals surface area contributed by atoms with Crippen molar-refractivity contribution in [2.75, 3.05) is 47.0 Å². The summed E-state index contributed by atoms with van der Waals surface area (Å²) in [5.74, 6) is 1.41. The lowest BCUT2D eigenvalue weighted by Crippen LogP contribution is -2.42. The molecule has 2 fully saturated rings. The lowest BCUT2D eigenvalue weighted by atomic mass is 9.96. The Balaban J connectivity index is 1.53. The molecule has 0 aliphatic carbocycles. The average molecular weight is 362 g/mol. The molecule has 0 spiro atoms. The summed E-state index contributed by atoms with van der Waals surface area (Å²) in [7, 11) is 3.66. The van der Waals surface area contributed by atoms with Crippen LogP contribution in [-0.4, -0.2) is 80.0 Å². The maximum Gasteiger partial charge on any atom is 0.254 e. The third kappa shape index (κ3) is 4.55. The van der Waals surface area contributed by atoms with E-state index in [-0.39, 0.29) is 11.9 Å². The van der Waals surface area contributed by atoms with E-state index in [0.29, 0.717) is 24.6 Å². The van der Waals surface area contributed by atoms with Gasteiger partial charge in [0.1, 0.15) is 5.75 Å². The molecule has 1 N–H and O–H groups in total. The van der Waals surface area contributed by atoms with Crippen LogP contribution in [-0.2, 0) is 4.74 Å². The van der Waals surface area contributed by atoms with Crippen molar-refractivity contribution in [2.24, 2.45) is 5.92 Å². The Bertz CT molecular complexity index is 586. The van der Waals surface area contributed by atoms with Gasteiger partial charge in [-0.1, -0.05) is 0 Å². The zero-order valence-corrected chi connectivity index (χ0v) is 15.8. The fourth-order valence-corrected chi connectivity index (χ4v) is 3.87. The van der Waals surface area contributed by atoms with Crippen LogP contribution >= 0.6 is 0 Å². The Morgan fingerprint density at radius 1 is 1.27 bits per heavy atom. The zero-order chi connectivity index (χ0) is 18.5. The Kier molecular flexibility index (Phi) is 6.51. The van der Waals surface area contributed by atoms with E-state index in [1.54, 1.807) is 36.3 Å². The van der Waals surface area contributed by atoms with E-state index < -0.39 is 6.10 Å². The van der Waals surface area contributed by atoms with Crippen molar-refractivity contribution in [3.8, 4) is 5.75 Å². The van der Waals surface area contributed by atoms with E-state index >= 15 is 0 Å². The van der Waals surface area contributed by atoms with Gasteiger partial charge in [0.2, 0.25) is 0 Å². The monoisotopic (exact) mass is 362 g/mol. The van der Waals surface area contributed by atoms with Crippen molar-refractivity contribution in [3.63, 3.8) is 0 Å². The van der Waals surface area contributed by atoms with Crippen molar-refractivity contribution in [1.82, 2.24) is 9.80 Å². The van der Waals surface area contributed by atoms with Crippen LogP contribution in [0.2, 0.25) is 0 Å². The number of benzene rings is 1. The van der Waals surface area contributed by atoms with E-state index in [9.17, 15) is 9.90 Å². The molecule has 0 aromatic heterocycles. The fraction of sp³-hybridized carbons (Fsp3) is 0.650. The summed E-state index contributed by atoms with van der Waals surface area (Å²) in [6.07, 6.45) is 2.87. The van der Waals surface area contributed by atoms with Gasteiger partial charge in [0.25, 0.3) is 5.91 Å². The van der Waals surface area contributed by atoms with Gasteiger partial charge in [-0.3, -0.25) is 9.69 Å². The summed E-state index contributed by atoms with van der Waals surface area (Å²) in [6.45, 7) is 3.62. The standard InChI is InChI=1S/C20H30N2O4/c1-21(10-7-15-8-11-26-12-9-15)18-13-22(14-19(18)23)20(24)16-3-5-17(25-2)6-4-16/h3-6,15,18-19,23H,7-14H2,1-2H3/t18-,19-/m1/s1. The van der Waals surface area contributed by atoms with Crippen LogP contribution in [0.4, 0.5) is 0 Å². The van der Waals surface area contributed by atoms with Crippen molar-refractivity contribution >= 4 is 5.91 Å². The molecule has 26 heavy (non-hydrogen) atoms. The third-order valence-corrected chi connectivity index (χ3v) is 5.68. The predicted molar refractivity (Wildman–Crippen MR) is 99.5 cm³/mol. The molecule has 6 heteroatoms. The van der Waals surface area contributed by atoms with Crippen LogP contribution in [0.5, 0.6) is 5.75 Å². The molecule has 3 rings (SSSR count). The second-order valence-electron chi connectivity index (χ2n) is 7.40. The van der Waals surface area contributed by atoms with Crippen LogP contribution in [0.25, 0.3) is 0 Å². The van der Waals surface area contributed by atoms with E-state index in [4.69, 9.17) is 9.47 Å². The summed E-state index contributed by atoms with van der Waals surface area (Å²) in [4.78, 5) is 16.7. The molecule has 2 aliphatic rings.